The van der Waals surface area contributed by atoms with Gasteiger partial charge in [0.25, 0.3) is 5.78 Å². The third kappa shape index (κ3) is 2.54. The van der Waals surface area contributed by atoms with E-state index < -0.39 is 0 Å². The Labute approximate surface area is 110 Å². The van der Waals surface area contributed by atoms with Crippen molar-refractivity contribution in [2.75, 3.05) is 25.6 Å². The molecule has 0 aliphatic carbocycles. The lowest BCUT2D eigenvalue weighted by Gasteiger charge is -2.15. The topological polar surface area (TPSA) is 64.3 Å². The molecular weight excluding hydrogens is 254 g/mol. The summed E-state index contributed by atoms with van der Waals surface area (Å²) in [5.74, 6) is 1.71. The van der Waals surface area contributed by atoms with Gasteiger partial charge in [-0.15, -0.1) is 0 Å². The van der Waals surface area contributed by atoms with Crippen LogP contribution in [0, 0.1) is 12.8 Å². The average Bonchev–Trinajstić information content (AvgIpc) is 2.77. The summed E-state index contributed by atoms with van der Waals surface area (Å²) < 4.78 is 6.76. The van der Waals surface area contributed by atoms with Gasteiger partial charge >= 0.3 is 0 Å². The van der Waals surface area contributed by atoms with E-state index in [4.69, 9.17) is 16.3 Å². The lowest BCUT2D eigenvalue weighted by molar-refractivity contribution is 0.164. The predicted molar refractivity (Wildman–Crippen MR) is 70.1 cm³/mol. The van der Waals surface area contributed by atoms with Gasteiger partial charge in [-0.05, 0) is 12.8 Å². The molecule has 0 bridgehead atoms. The van der Waals surface area contributed by atoms with Crippen LogP contribution in [0.5, 0.6) is 0 Å². The van der Waals surface area contributed by atoms with Crippen LogP contribution in [0.2, 0.25) is 5.15 Å². The number of methoxy groups -OCH3 is 1. The highest BCUT2D eigenvalue weighted by molar-refractivity contribution is 6.30. The maximum absolute atomic E-state index is 6.07. The molecule has 0 aromatic carbocycles. The number of fused-ring (bicyclic) bond motifs is 1. The summed E-state index contributed by atoms with van der Waals surface area (Å²) in [6.07, 6.45) is 1.46. The van der Waals surface area contributed by atoms with E-state index in [2.05, 4.69) is 27.3 Å². The van der Waals surface area contributed by atoms with E-state index in [0.29, 0.717) is 23.5 Å². The van der Waals surface area contributed by atoms with Gasteiger partial charge in [-0.3, -0.25) is 0 Å². The molecule has 0 saturated carbocycles. The third-order valence-electron chi connectivity index (χ3n) is 2.67. The van der Waals surface area contributed by atoms with E-state index in [0.717, 1.165) is 17.9 Å². The molecule has 18 heavy (non-hydrogen) atoms. The monoisotopic (exact) mass is 269 g/mol. The van der Waals surface area contributed by atoms with Gasteiger partial charge in [0.05, 0.1) is 6.61 Å². The Morgan fingerprint density at radius 1 is 1.56 bits per heavy atom. The molecule has 7 heteroatoms. The zero-order valence-electron chi connectivity index (χ0n) is 10.6. The molecule has 98 valence electrons. The second-order valence-electron chi connectivity index (χ2n) is 4.29. The Kier molecular flexibility index (Phi) is 3.98. The van der Waals surface area contributed by atoms with Crippen molar-refractivity contribution in [1.29, 1.82) is 0 Å². The SMILES string of the molecule is COCC(C)CNc1c(C)c(Cl)nc2ncnn12. The second-order valence-corrected chi connectivity index (χ2v) is 4.65. The normalized spacial score (nSPS) is 12.9. The summed E-state index contributed by atoms with van der Waals surface area (Å²) >= 11 is 6.07. The fourth-order valence-corrected chi connectivity index (χ4v) is 1.88. The lowest BCUT2D eigenvalue weighted by atomic mass is 10.2. The minimum Gasteiger partial charge on any atom is -0.384 e. The molecule has 0 amide bonds. The number of aromatic nitrogens is 4. The Bertz CT molecular complexity index is 541. The first kappa shape index (κ1) is 13.0. The van der Waals surface area contributed by atoms with Crippen LogP contribution in [0.3, 0.4) is 0 Å². The van der Waals surface area contributed by atoms with Gasteiger partial charge in [0.2, 0.25) is 0 Å². The maximum Gasteiger partial charge on any atom is 0.255 e. The second kappa shape index (κ2) is 5.49. The summed E-state index contributed by atoms with van der Waals surface area (Å²) in [5.41, 5.74) is 0.860. The zero-order chi connectivity index (χ0) is 13.1. The summed E-state index contributed by atoms with van der Waals surface area (Å²) in [5, 5.41) is 7.90. The van der Waals surface area contributed by atoms with Crippen LogP contribution in [0.25, 0.3) is 5.78 Å². The van der Waals surface area contributed by atoms with Crippen LogP contribution in [0.4, 0.5) is 5.82 Å². The van der Waals surface area contributed by atoms with E-state index in [1.807, 2.05) is 6.92 Å². The third-order valence-corrected chi connectivity index (χ3v) is 3.04. The van der Waals surface area contributed by atoms with E-state index in [1.54, 1.807) is 11.6 Å². The van der Waals surface area contributed by atoms with E-state index >= 15 is 0 Å². The van der Waals surface area contributed by atoms with Gasteiger partial charge in [0.1, 0.15) is 17.3 Å². The van der Waals surface area contributed by atoms with Crippen LogP contribution in [0.1, 0.15) is 12.5 Å². The number of anilines is 1. The Morgan fingerprint density at radius 2 is 2.33 bits per heavy atom. The molecular formula is C11H16ClN5O. The minimum absolute atomic E-state index is 0.389. The highest BCUT2D eigenvalue weighted by Crippen LogP contribution is 2.22. The molecule has 1 unspecified atom stereocenters. The molecule has 0 spiro atoms. The van der Waals surface area contributed by atoms with Crippen molar-refractivity contribution in [3.05, 3.63) is 17.0 Å². The van der Waals surface area contributed by atoms with Crippen molar-refractivity contribution < 1.29 is 4.74 Å². The Balaban J connectivity index is 2.26. The van der Waals surface area contributed by atoms with E-state index in [-0.39, 0.29) is 0 Å². The maximum atomic E-state index is 6.07. The fourth-order valence-electron chi connectivity index (χ4n) is 1.72. The molecule has 0 fully saturated rings. The van der Waals surface area contributed by atoms with Crippen molar-refractivity contribution in [2.45, 2.75) is 13.8 Å². The van der Waals surface area contributed by atoms with Crippen molar-refractivity contribution in [1.82, 2.24) is 19.6 Å². The molecule has 0 aliphatic heterocycles. The number of hydrogen-bond donors (Lipinski definition) is 1. The molecule has 1 atom stereocenters. The average molecular weight is 270 g/mol. The van der Waals surface area contributed by atoms with Crippen LogP contribution < -0.4 is 5.32 Å². The van der Waals surface area contributed by atoms with Crippen LogP contribution in [-0.2, 0) is 4.74 Å². The van der Waals surface area contributed by atoms with E-state index in [9.17, 15) is 0 Å². The molecule has 0 aliphatic rings. The quantitative estimate of drug-likeness (QED) is 0.839. The lowest BCUT2D eigenvalue weighted by Crippen LogP contribution is -2.18. The number of nitrogens with zero attached hydrogens (tertiary/aromatic N) is 4. The highest BCUT2D eigenvalue weighted by Gasteiger charge is 2.12. The Morgan fingerprint density at radius 3 is 3.06 bits per heavy atom. The Hall–Kier alpha value is -1.40. The van der Waals surface area contributed by atoms with Gasteiger partial charge in [0, 0.05) is 19.2 Å². The summed E-state index contributed by atoms with van der Waals surface area (Å²) in [7, 11) is 1.70. The number of ether oxygens (including phenoxy) is 1. The molecule has 2 aromatic heterocycles. The molecule has 2 rings (SSSR count). The smallest absolute Gasteiger partial charge is 0.255 e. The summed E-state index contributed by atoms with van der Waals surface area (Å²) in [6.45, 7) is 5.47. The number of hydrogen-bond acceptors (Lipinski definition) is 5. The number of nitrogens with one attached hydrogen (secondary N) is 1. The summed E-state index contributed by atoms with van der Waals surface area (Å²) in [4.78, 5) is 8.19. The standard InChI is InChI=1S/C11H16ClN5O/c1-7(5-18-3)4-13-10-8(2)9(12)16-11-14-6-15-17(10)11/h6-7,13H,4-5H2,1-3H3. The minimum atomic E-state index is 0.389. The van der Waals surface area contributed by atoms with Gasteiger partial charge < -0.3 is 10.1 Å². The predicted octanol–water partition coefficient (Wildman–Crippen LogP) is 1.78. The van der Waals surface area contributed by atoms with Gasteiger partial charge in [-0.2, -0.15) is 19.6 Å². The fraction of sp³-hybridized carbons (Fsp3) is 0.545. The molecule has 0 radical (unpaired) electrons. The first-order valence-corrected chi connectivity index (χ1v) is 6.10. The molecule has 2 aromatic rings. The van der Waals surface area contributed by atoms with Crippen molar-refractivity contribution in [2.24, 2.45) is 5.92 Å². The molecule has 2 heterocycles. The molecule has 6 nitrogen and oxygen atoms in total. The van der Waals surface area contributed by atoms with Crippen LogP contribution in [0.15, 0.2) is 6.33 Å². The summed E-state index contributed by atoms with van der Waals surface area (Å²) in [6, 6.07) is 0. The van der Waals surface area contributed by atoms with Crippen molar-refractivity contribution >= 4 is 23.2 Å². The zero-order valence-corrected chi connectivity index (χ0v) is 11.4. The largest absolute Gasteiger partial charge is 0.384 e. The highest BCUT2D eigenvalue weighted by atomic mass is 35.5. The van der Waals surface area contributed by atoms with Gasteiger partial charge in [0.15, 0.2) is 0 Å². The van der Waals surface area contributed by atoms with E-state index in [1.165, 1.54) is 6.33 Å². The number of rotatable bonds is 5. The molecule has 1 N–H and O–H groups in total. The van der Waals surface area contributed by atoms with Gasteiger partial charge in [-0.1, -0.05) is 18.5 Å². The van der Waals surface area contributed by atoms with Crippen LogP contribution in [-0.4, -0.2) is 39.8 Å². The van der Waals surface area contributed by atoms with Crippen LogP contribution >= 0.6 is 11.6 Å². The molecule has 0 saturated heterocycles. The first-order chi connectivity index (χ1) is 8.63. The first-order valence-electron chi connectivity index (χ1n) is 5.72. The number of halogens is 1. The van der Waals surface area contributed by atoms with Gasteiger partial charge in [-0.25, -0.2) is 0 Å². The van der Waals surface area contributed by atoms with Crippen molar-refractivity contribution in [3.63, 3.8) is 0 Å². The van der Waals surface area contributed by atoms with Crippen molar-refractivity contribution in [3.8, 4) is 0 Å².